The highest BCUT2D eigenvalue weighted by molar-refractivity contribution is 5.32. The Bertz CT molecular complexity index is 267. The first-order valence-electron chi connectivity index (χ1n) is 3.68. The smallest absolute Gasteiger partial charge is 0.0744 e. The summed E-state index contributed by atoms with van der Waals surface area (Å²) in [6.07, 6.45) is 0. The van der Waals surface area contributed by atoms with Crippen molar-refractivity contribution >= 4 is 0 Å². The van der Waals surface area contributed by atoms with E-state index in [9.17, 15) is 0 Å². The van der Waals surface area contributed by atoms with E-state index in [-0.39, 0.29) is 0 Å². The molecule has 1 aromatic heterocycles. The summed E-state index contributed by atoms with van der Waals surface area (Å²) in [5, 5.41) is 8.04. The predicted molar refractivity (Wildman–Crippen MR) is 40.0 cm³/mol. The summed E-state index contributed by atoms with van der Waals surface area (Å²) >= 11 is 0. The van der Waals surface area contributed by atoms with E-state index in [1.165, 1.54) is 11.1 Å². The van der Waals surface area contributed by atoms with Crippen molar-refractivity contribution in [3.63, 3.8) is 0 Å². The summed E-state index contributed by atoms with van der Waals surface area (Å²) in [7, 11) is 0. The fourth-order valence-electron chi connectivity index (χ4n) is 1.35. The average Bonchev–Trinajstić information content (AvgIpc) is 2.45. The van der Waals surface area contributed by atoms with Crippen LogP contribution < -0.4 is 0 Å². The molecule has 0 N–H and O–H groups in total. The van der Waals surface area contributed by atoms with Crippen molar-refractivity contribution in [3.8, 4) is 0 Å². The van der Waals surface area contributed by atoms with Crippen LogP contribution in [0.2, 0.25) is 0 Å². The van der Waals surface area contributed by atoms with Crippen molar-refractivity contribution < 1.29 is 4.74 Å². The summed E-state index contributed by atoms with van der Waals surface area (Å²) in [5.41, 5.74) is 4.47. The first kappa shape index (κ1) is 6.73. The van der Waals surface area contributed by atoms with E-state index in [2.05, 4.69) is 10.2 Å². The molecule has 0 saturated carbocycles. The zero-order chi connectivity index (χ0) is 7.84. The monoisotopic (exact) mass is 150 g/mol. The second-order valence-electron chi connectivity index (χ2n) is 2.82. The van der Waals surface area contributed by atoms with Crippen LogP contribution in [0.25, 0.3) is 0 Å². The van der Waals surface area contributed by atoms with Gasteiger partial charge in [0.05, 0.1) is 24.6 Å². The van der Waals surface area contributed by atoms with Crippen molar-refractivity contribution in [2.75, 3.05) is 0 Å². The number of aromatic nitrogens is 2. The van der Waals surface area contributed by atoms with Crippen molar-refractivity contribution in [2.24, 2.45) is 0 Å². The van der Waals surface area contributed by atoms with E-state index in [0.717, 1.165) is 11.4 Å². The third-order valence-corrected chi connectivity index (χ3v) is 2.08. The number of hydrogen-bond acceptors (Lipinski definition) is 3. The molecule has 11 heavy (non-hydrogen) atoms. The zero-order valence-corrected chi connectivity index (χ0v) is 6.72. The van der Waals surface area contributed by atoms with E-state index < -0.39 is 0 Å². The third-order valence-electron chi connectivity index (χ3n) is 2.08. The third kappa shape index (κ3) is 0.922. The zero-order valence-electron chi connectivity index (χ0n) is 6.72. The fourth-order valence-corrected chi connectivity index (χ4v) is 1.35. The maximum atomic E-state index is 5.30. The van der Waals surface area contributed by atoms with Crippen molar-refractivity contribution in [2.45, 2.75) is 27.1 Å². The molecule has 0 bridgehead atoms. The molecular formula is C8H10N2O. The lowest BCUT2D eigenvalue weighted by Gasteiger charge is -2.01. The maximum absolute atomic E-state index is 5.30. The van der Waals surface area contributed by atoms with Gasteiger partial charge in [0.15, 0.2) is 0 Å². The number of ether oxygens (including phenoxy) is 1. The Hall–Kier alpha value is -0.960. The van der Waals surface area contributed by atoms with Crippen molar-refractivity contribution in [1.82, 2.24) is 10.2 Å². The summed E-state index contributed by atoms with van der Waals surface area (Å²) in [5.74, 6) is 0. The molecule has 0 amide bonds. The molecule has 0 aliphatic carbocycles. The van der Waals surface area contributed by atoms with Crippen molar-refractivity contribution in [1.29, 1.82) is 0 Å². The lowest BCUT2D eigenvalue weighted by Crippen LogP contribution is -1.98. The number of fused-ring (bicyclic) bond motifs is 1. The van der Waals surface area contributed by atoms with Crippen LogP contribution in [0.4, 0.5) is 0 Å². The number of nitrogens with zero attached hydrogens (tertiary/aromatic N) is 2. The van der Waals surface area contributed by atoms with Gasteiger partial charge in [-0.15, -0.1) is 0 Å². The molecule has 1 aromatic rings. The molecule has 3 heteroatoms. The molecule has 2 rings (SSSR count). The summed E-state index contributed by atoms with van der Waals surface area (Å²) < 4.78 is 5.30. The summed E-state index contributed by atoms with van der Waals surface area (Å²) in [4.78, 5) is 0. The molecule has 0 radical (unpaired) electrons. The van der Waals surface area contributed by atoms with Crippen LogP contribution in [0.5, 0.6) is 0 Å². The lowest BCUT2D eigenvalue weighted by molar-refractivity contribution is 0.134. The van der Waals surface area contributed by atoms with E-state index in [0.29, 0.717) is 13.2 Å². The van der Waals surface area contributed by atoms with Crippen molar-refractivity contribution in [3.05, 3.63) is 22.5 Å². The Kier molecular flexibility index (Phi) is 1.39. The Morgan fingerprint density at radius 3 is 1.91 bits per heavy atom. The second-order valence-corrected chi connectivity index (χ2v) is 2.82. The van der Waals surface area contributed by atoms with Gasteiger partial charge in [0, 0.05) is 11.1 Å². The normalized spacial score (nSPS) is 15.1. The summed E-state index contributed by atoms with van der Waals surface area (Å²) in [6, 6.07) is 0. The topological polar surface area (TPSA) is 35.0 Å². The van der Waals surface area contributed by atoms with Gasteiger partial charge in [-0.05, 0) is 13.8 Å². The van der Waals surface area contributed by atoms with Crippen LogP contribution in [0.15, 0.2) is 0 Å². The second kappa shape index (κ2) is 2.27. The Morgan fingerprint density at radius 2 is 1.45 bits per heavy atom. The van der Waals surface area contributed by atoms with Gasteiger partial charge in [0.2, 0.25) is 0 Å². The molecule has 3 nitrogen and oxygen atoms in total. The molecule has 0 unspecified atom stereocenters. The Labute approximate surface area is 65.4 Å². The first-order valence-corrected chi connectivity index (χ1v) is 3.68. The molecular weight excluding hydrogens is 140 g/mol. The highest BCUT2D eigenvalue weighted by atomic mass is 16.5. The lowest BCUT2D eigenvalue weighted by atomic mass is 10.1. The highest BCUT2D eigenvalue weighted by Crippen LogP contribution is 2.22. The molecule has 0 aromatic carbocycles. The van der Waals surface area contributed by atoms with Gasteiger partial charge in [0.25, 0.3) is 0 Å². The average molecular weight is 150 g/mol. The molecule has 1 aliphatic heterocycles. The van der Waals surface area contributed by atoms with Crippen LogP contribution in [0.1, 0.15) is 22.5 Å². The highest BCUT2D eigenvalue weighted by Gasteiger charge is 2.16. The largest absolute Gasteiger partial charge is 0.372 e. The minimum absolute atomic E-state index is 0.706. The van der Waals surface area contributed by atoms with E-state index >= 15 is 0 Å². The van der Waals surface area contributed by atoms with Crippen LogP contribution in [0.3, 0.4) is 0 Å². The SMILES string of the molecule is Cc1nnc(C)c2c1COC2. The minimum Gasteiger partial charge on any atom is -0.372 e. The van der Waals surface area contributed by atoms with E-state index in [1.54, 1.807) is 0 Å². The predicted octanol–water partition coefficient (Wildman–Crippen LogP) is 1.12. The molecule has 0 atom stereocenters. The quantitative estimate of drug-likeness (QED) is 0.556. The maximum Gasteiger partial charge on any atom is 0.0744 e. The fraction of sp³-hybridized carbons (Fsp3) is 0.500. The number of rotatable bonds is 0. The van der Waals surface area contributed by atoms with Gasteiger partial charge in [0.1, 0.15) is 0 Å². The number of hydrogen-bond donors (Lipinski definition) is 0. The standard InChI is InChI=1S/C8H10N2O/c1-5-7-3-11-4-8(7)6(2)10-9-5/h3-4H2,1-2H3. The molecule has 1 aliphatic rings. The van der Waals surface area contributed by atoms with E-state index in [4.69, 9.17) is 4.74 Å². The Balaban J connectivity index is 2.64. The van der Waals surface area contributed by atoms with E-state index in [1.807, 2.05) is 13.8 Å². The Morgan fingerprint density at radius 1 is 1.00 bits per heavy atom. The number of aryl methyl sites for hydroxylation is 2. The van der Waals surface area contributed by atoms with Crippen LogP contribution in [-0.4, -0.2) is 10.2 Å². The molecule has 58 valence electrons. The molecule has 0 saturated heterocycles. The van der Waals surface area contributed by atoms with Gasteiger partial charge in [-0.25, -0.2) is 0 Å². The van der Waals surface area contributed by atoms with Crippen LogP contribution in [-0.2, 0) is 18.0 Å². The van der Waals surface area contributed by atoms with Gasteiger partial charge in [-0.2, -0.15) is 10.2 Å². The molecule has 0 fully saturated rings. The van der Waals surface area contributed by atoms with Crippen LogP contribution >= 0.6 is 0 Å². The van der Waals surface area contributed by atoms with Gasteiger partial charge >= 0.3 is 0 Å². The molecule has 2 heterocycles. The first-order chi connectivity index (χ1) is 5.29. The van der Waals surface area contributed by atoms with Gasteiger partial charge in [-0.1, -0.05) is 0 Å². The molecule has 0 spiro atoms. The van der Waals surface area contributed by atoms with Gasteiger partial charge in [-0.3, -0.25) is 0 Å². The van der Waals surface area contributed by atoms with Gasteiger partial charge < -0.3 is 4.74 Å². The minimum atomic E-state index is 0.706. The summed E-state index contributed by atoms with van der Waals surface area (Å²) in [6.45, 7) is 5.36. The van der Waals surface area contributed by atoms with Crippen LogP contribution in [0, 0.1) is 13.8 Å².